The van der Waals surface area contributed by atoms with Crippen LogP contribution in [0.5, 0.6) is 0 Å². The van der Waals surface area contributed by atoms with E-state index in [1.165, 1.54) is 33.6 Å². The average Bonchev–Trinajstić information content (AvgIpc) is 1.61. The Kier molecular flexibility index (Phi) is 56.6. The Labute approximate surface area is 777 Å². The number of hydrogen-bond donors (Lipinski definition) is 4. The van der Waals surface area contributed by atoms with Crippen LogP contribution in [0.15, 0.2) is 172 Å². The number of allylic oxidation sites excluding steroid dienone is 14. The van der Waals surface area contributed by atoms with E-state index in [9.17, 15) is 38.4 Å². The highest BCUT2D eigenvalue weighted by Gasteiger charge is 2.54. The maximum atomic E-state index is 12.5. The molecule has 32 nitrogen and oxygen atoms in total. The molecule has 10 aliphatic carbocycles. The quantitative estimate of drug-likeness (QED) is 0.00647. The zero-order valence-electron chi connectivity index (χ0n) is 81.4. The molecule has 4 saturated carbocycles. The van der Waals surface area contributed by atoms with Crippen LogP contribution in [0.2, 0.25) is 50.4 Å². The van der Waals surface area contributed by atoms with E-state index in [0.717, 1.165) is 145 Å². The van der Waals surface area contributed by atoms with Crippen molar-refractivity contribution in [3.8, 4) is 0 Å². The number of ether oxygens (including phenoxy) is 12. The number of amides is 2. The monoisotopic (exact) mass is 1900 g/mol. The fraction of sp³-hybridized carbons (Fsp3) is 0.617. The summed E-state index contributed by atoms with van der Waals surface area (Å²) in [5, 5.41) is 21.5. The Morgan fingerprint density at radius 3 is 0.985 bits per heavy atom. The Morgan fingerprint density at radius 1 is 0.377 bits per heavy atom. The van der Waals surface area contributed by atoms with E-state index in [-0.39, 0.29) is 53.1 Å². The highest BCUT2D eigenvalue weighted by molar-refractivity contribution is 6.67. The van der Waals surface area contributed by atoms with Crippen LogP contribution >= 0.6 is 0 Å². The number of rotatable bonds is 40. The number of methoxy groups -OCH3 is 4. The predicted molar refractivity (Wildman–Crippen MR) is 504 cm³/mol. The molecule has 13 unspecified atom stereocenters. The van der Waals surface area contributed by atoms with Crippen molar-refractivity contribution < 1.29 is 141 Å². The van der Waals surface area contributed by atoms with Gasteiger partial charge in [-0.05, 0) is 261 Å². The normalized spacial score (nSPS) is 23.5. The summed E-state index contributed by atoms with van der Waals surface area (Å²) < 4.78 is 99.7. The summed E-state index contributed by atoms with van der Waals surface area (Å²) in [7, 11) is 13.3. The third-order valence-corrected chi connectivity index (χ3v) is 36.0. The molecule has 4 fully saturated rings. The van der Waals surface area contributed by atoms with Crippen LogP contribution in [0.25, 0.3) is 0 Å². The third kappa shape index (κ3) is 43.2. The first kappa shape index (κ1) is 120. The van der Waals surface area contributed by atoms with Crippen molar-refractivity contribution >= 4 is 82.2 Å². The van der Waals surface area contributed by atoms with Gasteiger partial charge in [-0.1, -0.05) is 105 Å². The molecular weight excluding hydrogens is 1750 g/mol. The van der Waals surface area contributed by atoms with E-state index in [1.807, 2.05) is 26.8 Å². The molecule has 0 heterocycles. The topological polar surface area (TPSA) is 386 Å². The van der Waals surface area contributed by atoms with Gasteiger partial charge in [0.15, 0.2) is 13.5 Å². The van der Waals surface area contributed by atoms with E-state index in [1.54, 1.807) is 85.3 Å². The second-order valence-corrected chi connectivity index (χ2v) is 48.4. The molecule has 0 aromatic heterocycles. The van der Waals surface area contributed by atoms with Crippen LogP contribution in [-0.2, 0) is 121 Å². The van der Waals surface area contributed by atoms with Gasteiger partial charge in [0.05, 0.1) is 16.2 Å². The molecule has 736 valence electrons. The minimum absolute atomic E-state index is 0.126. The molecule has 10 rings (SSSR count). The lowest BCUT2D eigenvalue weighted by molar-refractivity contribution is -0.157. The van der Waals surface area contributed by atoms with E-state index >= 15 is 0 Å². The Hall–Kier alpha value is -8.29. The summed E-state index contributed by atoms with van der Waals surface area (Å²) >= 11 is 0. The van der Waals surface area contributed by atoms with E-state index in [2.05, 4.69) is 186 Å². The summed E-state index contributed by atoms with van der Waals surface area (Å²) in [4.78, 5) is 92.0. The number of hydrogen-bond acceptors (Lipinski definition) is 30. The molecule has 0 radical (unpaired) electrons. The number of aliphatic hydroxyl groups excluding tert-OH is 2. The molecule has 0 aromatic rings. The van der Waals surface area contributed by atoms with E-state index < -0.39 is 117 Å². The van der Waals surface area contributed by atoms with Gasteiger partial charge in [0.1, 0.15) is 0 Å². The number of esters is 6. The molecule has 10 aliphatic rings. The maximum absolute atomic E-state index is 12.5. The number of alkyl carbamates (subject to hydrolysis) is 2. The van der Waals surface area contributed by atoms with Crippen molar-refractivity contribution in [1.82, 2.24) is 10.6 Å². The van der Waals surface area contributed by atoms with Gasteiger partial charge in [0.2, 0.25) is 0 Å². The van der Waals surface area contributed by atoms with Crippen LogP contribution in [0.4, 0.5) is 9.59 Å². The lowest BCUT2D eigenvalue weighted by Crippen LogP contribution is -2.37. The third-order valence-electron chi connectivity index (χ3n) is 24.0. The molecule has 0 spiro atoms. The van der Waals surface area contributed by atoms with Gasteiger partial charge in [-0.3, -0.25) is 25.0 Å². The number of nitrogens with one attached hydrogen (secondary N) is 2. The summed E-state index contributed by atoms with van der Waals surface area (Å²) in [6, 6.07) is 3.98. The second-order valence-electron chi connectivity index (χ2n) is 34.0. The molecule has 0 saturated heterocycles. The number of carbonyl (C=O) groups is 8. The molecule has 36 heteroatoms. The highest BCUT2D eigenvalue weighted by atomic mass is 28.4. The average molecular weight is 1900 g/mol. The molecule has 4 N–H and O–H groups in total. The molecule has 0 aliphatic heterocycles. The fourth-order valence-corrected chi connectivity index (χ4v) is 20.9. The predicted octanol–water partition coefficient (Wildman–Crippen LogP) is 17.5. The van der Waals surface area contributed by atoms with Crippen LogP contribution in [0.1, 0.15) is 125 Å². The Bertz CT molecular complexity index is 3750. The first-order valence-electron chi connectivity index (χ1n) is 43.5. The van der Waals surface area contributed by atoms with Crippen molar-refractivity contribution in [1.29, 1.82) is 0 Å². The Morgan fingerprint density at radius 2 is 0.700 bits per heavy atom. The Balaban J connectivity index is 0.000000748. The first-order valence-corrected chi connectivity index (χ1v) is 53.6. The van der Waals surface area contributed by atoms with Crippen LogP contribution in [0, 0.1) is 75.4 Å². The first-order chi connectivity index (χ1) is 61.2. The highest BCUT2D eigenvalue weighted by Crippen LogP contribution is 2.56. The number of aliphatic hydroxyl groups is 2. The lowest BCUT2D eigenvalue weighted by atomic mass is 9.78. The molecule has 130 heavy (non-hydrogen) atoms. The number of carbonyl (C=O) groups excluding carboxylic acids is 8. The van der Waals surface area contributed by atoms with Gasteiger partial charge in [-0.2, -0.15) is 0 Å². The summed E-state index contributed by atoms with van der Waals surface area (Å²) in [6.45, 7) is 43.4. The molecule has 0 aromatic carbocycles. The summed E-state index contributed by atoms with van der Waals surface area (Å²) in [5.74, 6) is 0.485. The van der Waals surface area contributed by atoms with Gasteiger partial charge < -0.3 is 102 Å². The summed E-state index contributed by atoms with van der Waals surface area (Å²) in [6.07, 6.45) is 42.1. The zero-order chi connectivity index (χ0) is 98.7. The SMILES string of the molecule is C1=CC2C3C=CC(C3)C2C1.C1=CCC=C1.C=C(O)OC(=O)C(=C)C.C=C(O)OC(=O)C1(C)CC2C=CC1C2.C=C(OC(=O)NCOC(=O)C(=C)C)OC(=O)C(=C)C.C=C(OC(=O)NCOC(=O)C1(C)CC2C=CC1C2)OC(=O)C1(C)CC2C=CC1C2.COCCC[Si](C)(OC)OC.COCCC[Si](C)(OC)OC.COCCC[Si](C)(OC)OC.COCCC[Si](C)(OC)OC. The maximum Gasteiger partial charge on any atom is 0.417 e. The van der Waals surface area contributed by atoms with Gasteiger partial charge in [0.25, 0.3) is 23.8 Å². The van der Waals surface area contributed by atoms with Gasteiger partial charge in [0, 0.05) is 128 Å². The molecule has 8 bridgehead atoms. The van der Waals surface area contributed by atoms with Crippen molar-refractivity contribution in [2.75, 3.05) is 125 Å². The van der Waals surface area contributed by atoms with Crippen molar-refractivity contribution in [3.05, 3.63) is 172 Å². The van der Waals surface area contributed by atoms with Crippen molar-refractivity contribution in [3.63, 3.8) is 0 Å². The van der Waals surface area contributed by atoms with Gasteiger partial charge >= 0.3 is 82.2 Å². The van der Waals surface area contributed by atoms with Crippen LogP contribution in [0.3, 0.4) is 0 Å². The smallest absolute Gasteiger partial charge is 0.417 e. The van der Waals surface area contributed by atoms with Crippen LogP contribution in [-0.4, -0.2) is 218 Å². The molecule has 2 amide bonds. The van der Waals surface area contributed by atoms with E-state index in [0.29, 0.717) is 17.8 Å². The largest absolute Gasteiger partial charge is 0.481 e. The minimum atomic E-state index is -1.81. The van der Waals surface area contributed by atoms with Gasteiger partial charge in [-0.15, -0.1) is 0 Å². The van der Waals surface area contributed by atoms with E-state index in [4.69, 9.17) is 78.8 Å². The zero-order valence-corrected chi connectivity index (χ0v) is 85.4. The van der Waals surface area contributed by atoms with Gasteiger partial charge in [-0.25, -0.2) is 24.0 Å². The number of fused-ring (bicyclic) bond motifs is 11. The standard InChI is InChI=1S/C22H27NO6.C12H15NO6.C11H14O3.C10H12.4C7H18O3Si.C6H8O3.C5H6/c1-13(28-19(25)22(3)11-15-5-7-17(22)9-15)29-20(26)23-12-27-18(24)21(2)10-14-4-6-16(21)8-14;1-7(2)10(14)17-6-13-12(16)19-9(5)18-11(15)8(3)4;1-7(12)14-10(13)11(2)6-8-3-4-9(11)5-8;1-2-9-7-4-5-8(6-7)10(9)3-1;4*1-8-6-5-7-11(4,9-2)10-3;1-4(2)6(8)9-5(3)7;1-2-4-5-3-1/h4-7,14-17H,1,8-12H2,2-3H3,(H,23,26);1,3,5-6H2,2,4H3,(H,13,16);3-4,8-9,12H,1,5-6H2,2H3;1-2,4-5,7-10H,3,6H2;4*5-7H2,1-4H3;7H,1,3H2,2H3;1-4H,5H2. The lowest BCUT2D eigenvalue weighted by Gasteiger charge is -2.29. The van der Waals surface area contributed by atoms with Crippen molar-refractivity contribution in [2.45, 2.75) is 175 Å². The molecular formula is C94H154N2O30Si4. The second kappa shape index (κ2) is 61.5. The fourth-order valence-electron chi connectivity index (χ4n) is 15.4. The van der Waals surface area contributed by atoms with Crippen LogP contribution < -0.4 is 10.6 Å². The molecule has 13 atom stereocenters. The van der Waals surface area contributed by atoms with Crippen molar-refractivity contribution in [2.24, 2.45) is 75.4 Å². The minimum Gasteiger partial charge on any atom is -0.481 e. The summed E-state index contributed by atoms with van der Waals surface area (Å²) in [5.41, 5.74) is -1.09.